The average molecular weight is 465 g/mol. The maximum Gasteiger partial charge on any atom is 0.246 e. The molecule has 3 atom stereocenters. The van der Waals surface area contributed by atoms with Gasteiger partial charge in [-0.2, -0.15) is 0 Å². The maximum atomic E-state index is 13.4. The van der Waals surface area contributed by atoms with Crippen LogP contribution in [0.3, 0.4) is 0 Å². The van der Waals surface area contributed by atoms with Crippen LogP contribution in [0.5, 0.6) is 5.75 Å². The predicted octanol–water partition coefficient (Wildman–Crippen LogP) is 0.268. The molecule has 9 nitrogen and oxygen atoms in total. The van der Waals surface area contributed by atoms with Gasteiger partial charge in [0.25, 0.3) is 0 Å². The zero-order chi connectivity index (χ0) is 24.1. The van der Waals surface area contributed by atoms with Crippen molar-refractivity contribution < 1.29 is 24.3 Å². The lowest BCUT2D eigenvalue weighted by Crippen LogP contribution is -2.59. The van der Waals surface area contributed by atoms with Crippen molar-refractivity contribution in [2.45, 2.75) is 43.8 Å². The highest BCUT2D eigenvalue weighted by Crippen LogP contribution is 2.21. The largest absolute Gasteiger partial charge is 0.508 e. The minimum atomic E-state index is -0.929. The highest BCUT2D eigenvalue weighted by molar-refractivity contribution is 5.97. The van der Waals surface area contributed by atoms with E-state index >= 15 is 0 Å². The fourth-order valence-corrected chi connectivity index (χ4v) is 4.43. The van der Waals surface area contributed by atoms with E-state index in [0.29, 0.717) is 19.4 Å². The van der Waals surface area contributed by atoms with Gasteiger partial charge in [0, 0.05) is 19.4 Å². The third-order valence-electron chi connectivity index (χ3n) is 6.19. The molecule has 2 aliphatic heterocycles. The highest BCUT2D eigenvalue weighted by atomic mass is 16.3. The number of phenols is 1. The molecule has 4 rings (SSSR count). The van der Waals surface area contributed by atoms with E-state index in [0.717, 1.165) is 11.1 Å². The Morgan fingerprint density at radius 1 is 0.824 bits per heavy atom. The summed E-state index contributed by atoms with van der Waals surface area (Å²) in [7, 11) is 0. The average Bonchev–Trinajstić information content (AvgIpc) is 3.33. The van der Waals surface area contributed by atoms with E-state index < -0.39 is 35.8 Å². The number of hydrogen-bond donors (Lipinski definition) is 4. The van der Waals surface area contributed by atoms with Crippen LogP contribution in [0, 0.1) is 0 Å². The zero-order valence-electron chi connectivity index (χ0n) is 18.7. The van der Waals surface area contributed by atoms with Crippen LogP contribution in [0.1, 0.15) is 24.0 Å². The minimum Gasteiger partial charge on any atom is -0.508 e. The van der Waals surface area contributed by atoms with Crippen molar-refractivity contribution >= 4 is 23.6 Å². The number of fused-ring (bicyclic) bond motifs is 1. The summed E-state index contributed by atoms with van der Waals surface area (Å²) in [5, 5.41) is 17.6. The van der Waals surface area contributed by atoms with Gasteiger partial charge in [-0.1, -0.05) is 42.5 Å². The van der Waals surface area contributed by atoms with E-state index in [1.54, 1.807) is 12.1 Å². The lowest BCUT2D eigenvalue weighted by atomic mass is 10.0. The van der Waals surface area contributed by atoms with Crippen molar-refractivity contribution in [2.75, 3.05) is 13.1 Å². The molecule has 3 unspecified atom stereocenters. The molecular weight excluding hydrogens is 436 g/mol. The first-order valence-electron chi connectivity index (χ1n) is 11.4. The molecule has 0 aromatic heterocycles. The Bertz CT molecular complexity index is 1060. The van der Waals surface area contributed by atoms with Gasteiger partial charge >= 0.3 is 0 Å². The summed E-state index contributed by atoms with van der Waals surface area (Å²) in [5.41, 5.74) is 1.61. The van der Waals surface area contributed by atoms with Crippen molar-refractivity contribution in [1.82, 2.24) is 20.9 Å². The second kappa shape index (κ2) is 10.4. The predicted molar refractivity (Wildman–Crippen MR) is 124 cm³/mol. The first-order chi connectivity index (χ1) is 16.4. The molecule has 0 spiro atoms. The van der Waals surface area contributed by atoms with E-state index in [-0.39, 0.29) is 31.0 Å². The van der Waals surface area contributed by atoms with Crippen LogP contribution in [0.15, 0.2) is 54.6 Å². The van der Waals surface area contributed by atoms with Gasteiger partial charge in [-0.15, -0.1) is 0 Å². The molecule has 34 heavy (non-hydrogen) atoms. The summed E-state index contributed by atoms with van der Waals surface area (Å²) in [6.07, 6.45) is 1.60. The number of nitrogens with zero attached hydrogens (tertiary/aromatic N) is 1. The number of benzene rings is 2. The molecule has 0 aliphatic carbocycles. The Balaban J connectivity index is 1.57. The second-order valence-corrected chi connectivity index (χ2v) is 8.65. The molecule has 2 aliphatic rings. The van der Waals surface area contributed by atoms with E-state index in [1.165, 1.54) is 17.0 Å². The van der Waals surface area contributed by atoms with E-state index in [2.05, 4.69) is 16.0 Å². The van der Waals surface area contributed by atoms with Gasteiger partial charge in [-0.05, 0) is 36.1 Å². The Morgan fingerprint density at radius 3 is 2.24 bits per heavy atom. The molecule has 9 heteroatoms. The number of hydrogen-bond acceptors (Lipinski definition) is 5. The van der Waals surface area contributed by atoms with Crippen molar-refractivity contribution in [3.63, 3.8) is 0 Å². The third kappa shape index (κ3) is 5.54. The normalized spacial score (nSPS) is 23.8. The molecule has 2 aromatic rings. The first kappa shape index (κ1) is 23.3. The summed E-state index contributed by atoms with van der Waals surface area (Å²) >= 11 is 0. The number of rotatable bonds is 4. The Hall–Kier alpha value is -3.88. The summed E-state index contributed by atoms with van der Waals surface area (Å²) in [5.74, 6) is -1.58. The topological polar surface area (TPSA) is 128 Å². The van der Waals surface area contributed by atoms with Crippen LogP contribution < -0.4 is 16.0 Å². The second-order valence-electron chi connectivity index (χ2n) is 8.65. The van der Waals surface area contributed by atoms with Gasteiger partial charge in [0.2, 0.25) is 23.6 Å². The fourth-order valence-electron chi connectivity index (χ4n) is 4.43. The van der Waals surface area contributed by atoms with E-state index in [1.807, 2.05) is 30.3 Å². The van der Waals surface area contributed by atoms with Gasteiger partial charge in [0.1, 0.15) is 23.9 Å². The number of amides is 4. The third-order valence-corrected chi connectivity index (χ3v) is 6.19. The van der Waals surface area contributed by atoms with Crippen LogP contribution in [0.4, 0.5) is 0 Å². The molecule has 0 bridgehead atoms. The zero-order valence-corrected chi connectivity index (χ0v) is 18.7. The van der Waals surface area contributed by atoms with Crippen molar-refractivity contribution in [1.29, 1.82) is 0 Å². The molecule has 2 aromatic carbocycles. The number of carbonyl (C=O) groups excluding carboxylic acids is 4. The number of nitrogens with one attached hydrogen (secondary N) is 3. The minimum absolute atomic E-state index is 0.0952. The molecule has 0 saturated carbocycles. The van der Waals surface area contributed by atoms with Crippen LogP contribution in [-0.4, -0.2) is 64.9 Å². The van der Waals surface area contributed by atoms with E-state index in [9.17, 15) is 24.3 Å². The lowest BCUT2D eigenvalue weighted by Gasteiger charge is -2.31. The van der Waals surface area contributed by atoms with Gasteiger partial charge in [0.15, 0.2) is 0 Å². The Kier molecular flexibility index (Phi) is 7.10. The molecular formula is C25H28N4O5. The fraction of sp³-hybridized carbons (Fsp3) is 0.360. The van der Waals surface area contributed by atoms with Crippen molar-refractivity contribution in [2.24, 2.45) is 0 Å². The van der Waals surface area contributed by atoms with E-state index in [4.69, 9.17) is 0 Å². The number of phenolic OH excluding ortho intramolecular Hbond substituents is 1. The van der Waals surface area contributed by atoms with Gasteiger partial charge in [0.05, 0.1) is 6.54 Å². The van der Waals surface area contributed by atoms with Crippen LogP contribution in [-0.2, 0) is 32.0 Å². The molecule has 2 heterocycles. The lowest BCUT2D eigenvalue weighted by molar-refractivity contribution is -0.142. The number of carbonyl (C=O) groups is 4. The van der Waals surface area contributed by atoms with Crippen LogP contribution in [0.2, 0.25) is 0 Å². The monoisotopic (exact) mass is 464 g/mol. The Morgan fingerprint density at radius 2 is 1.50 bits per heavy atom. The maximum absolute atomic E-state index is 13.4. The molecule has 2 saturated heterocycles. The first-order valence-corrected chi connectivity index (χ1v) is 11.4. The molecule has 2 fully saturated rings. The summed E-state index contributed by atoms with van der Waals surface area (Å²) in [6, 6.07) is 13.2. The van der Waals surface area contributed by atoms with Gasteiger partial charge in [-0.3, -0.25) is 19.2 Å². The van der Waals surface area contributed by atoms with Gasteiger partial charge in [-0.25, -0.2) is 0 Å². The Labute approximate surface area is 197 Å². The smallest absolute Gasteiger partial charge is 0.246 e. The standard InChI is InChI=1S/C25H28N4O5/c30-18-10-8-17(9-11-18)13-19-23(32)26-15-22(31)27-20(14-16-5-2-1-3-6-16)25(34)29-12-4-7-21(29)24(33)28-19/h1-3,5-6,8-11,19-21,30H,4,7,12-15H2,(H,26,32)(H,27,31)(H,28,33). The SMILES string of the molecule is O=C1CNC(=O)C(Cc2ccc(O)cc2)NC(=O)C2CCCN2C(=O)C(Cc2ccccc2)N1. The molecule has 4 amide bonds. The van der Waals surface area contributed by atoms with Gasteiger partial charge < -0.3 is 26.0 Å². The van der Waals surface area contributed by atoms with Crippen LogP contribution in [0.25, 0.3) is 0 Å². The van der Waals surface area contributed by atoms with Crippen molar-refractivity contribution in [3.8, 4) is 5.75 Å². The summed E-state index contributed by atoms with van der Waals surface area (Å²) in [4.78, 5) is 53.6. The van der Waals surface area contributed by atoms with Crippen molar-refractivity contribution in [3.05, 3.63) is 65.7 Å². The quantitative estimate of drug-likeness (QED) is 0.517. The summed E-state index contributed by atoms with van der Waals surface area (Å²) < 4.78 is 0. The molecule has 0 radical (unpaired) electrons. The summed E-state index contributed by atoms with van der Waals surface area (Å²) in [6.45, 7) is 0.0929. The number of aromatic hydroxyl groups is 1. The highest BCUT2D eigenvalue weighted by Gasteiger charge is 2.39. The molecule has 4 N–H and O–H groups in total. The van der Waals surface area contributed by atoms with Crippen LogP contribution >= 0.6 is 0 Å². The molecule has 178 valence electrons.